The number of hydrogen-bond acceptors (Lipinski definition) is 2. The number of nitrogens with zero attached hydrogens (tertiary/aromatic N) is 2. The zero-order chi connectivity index (χ0) is 35.7. The average Bonchev–Trinajstić information content (AvgIpc) is 3.19. The van der Waals surface area contributed by atoms with Gasteiger partial charge in [0.2, 0.25) is 0 Å². The molecule has 1 aliphatic rings. The summed E-state index contributed by atoms with van der Waals surface area (Å²) in [6.07, 6.45) is 2.38. The highest BCUT2D eigenvalue weighted by molar-refractivity contribution is 5.83. The lowest BCUT2D eigenvalue weighted by atomic mass is 9.63. The van der Waals surface area contributed by atoms with Crippen LogP contribution >= 0.6 is 0 Å². The van der Waals surface area contributed by atoms with Crippen molar-refractivity contribution in [2.24, 2.45) is 0 Å². The molecule has 0 N–H and O–H groups in total. The maximum absolute atomic E-state index is 2.46. The van der Waals surface area contributed by atoms with E-state index in [-0.39, 0.29) is 10.8 Å². The number of benzene rings is 7. The molecule has 2 nitrogen and oxygen atoms in total. The molecule has 8 rings (SSSR count). The predicted octanol–water partition coefficient (Wildman–Crippen LogP) is 14.3. The first kappa shape index (κ1) is 33.3. The first-order chi connectivity index (χ1) is 25.3. The van der Waals surface area contributed by atoms with Gasteiger partial charge in [-0.15, -0.1) is 0 Å². The third kappa shape index (κ3) is 6.53. The lowest BCUT2D eigenvalue weighted by Crippen LogP contribution is -2.34. The lowest BCUT2D eigenvalue weighted by molar-refractivity contribution is 0.332. The van der Waals surface area contributed by atoms with E-state index >= 15 is 0 Å². The molecule has 0 unspecified atom stereocenters. The van der Waals surface area contributed by atoms with E-state index in [1.807, 2.05) is 0 Å². The van der Waals surface area contributed by atoms with E-state index in [2.05, 4.69) is 219 Å². The van der Waals surface area contributed by atoms with Crippen molar-refractivity contribution in [3.8, 4) is 22.3 Å². The molecular formula is C50H46N2. The summed E-state index contributed by atoms with van der Waals surface area (Å²) < 4.78 is 0. The summed E-state index contributed by atoms with van der Waals surface area (Å²) in [6, 6.07) is 65.9. The summed E-state index contributed by atoms with van der Waals surface area (Å²) in [7, 11) is 0. The molecule has 0 saturated carbocycles. The van der Waals surface area contributed by atoms with E-state index in [9.17, 15) is 0 Å². The van der Waals surface area contributed by atoms with Crippen molar-refractivity contribution in [1.29, 1.82) is 0 Å². The Bertz CT molecular complexity index is 2250. The number of rotatable bonds is 8. The molecule has 0 spiro atoms. The van der Waals surface area contributed by atoms with Gasteiger partial charge in [0.25, 0.3) is 0 Å². The maximum atomic E-state index is 2.46. The van der Waals surface area contributed by atoms with E-state index in [1.54, 1.807) is 0 Å². The molecule has 256 valence electrons. The lowest BCUT2D eigenvalue weighted by Gasteiger charge is -2.42. The van der Waals surface area contributed by atoms with E-state index in [4.69, 9.17) is 0 Å². The fourth-order valence-corrected chi connectivity index (χ4v) is 7.85. The second kappa shape index (κ2) is 13.7. The second-order valence-electron chi connectivity index (χ2n) is 15.4. The molecule has 7 aromatic rings. The molecule has 1 aliphatic carbocycles. The van der Waals surface area contributed by atoms with Crippen molar-refractivity contribution in [1.82, 2.24) is 0 Å². The van der Waals surface area contributed by atoms with Gasteiger partial charge < -0.3 is 9.80 Å². The van der Waals surface area contributed by atoms with Crippen LogP contribution in [-0.4, -0.2) is 0 Å². The normalized spacial score (nSPS) is 14.3. The molecule has 0 aliphatic heterocycles. The summed E-state index contributed by atoms with van der Waals surface area (Å²) in [5.74, 6) is 0. The van der Waals surface area contributed by atoms with Crippen LogP contribution in [0.25, 0.3) is 22.3 Å². The molecule has 0 atom stereocenters. The number of fused-ring (bicyclic) bond motifs is 1. The highest BCUT2D eigenvalue weighted by atomic mass is 15.1. The van der Waals surface area contributed by atoms with Crippen LogP contribution in [0, 0.1) is 0 Å². The Morgan fingerprint density at radius 3 is 1.21 bits per heavy atom. The van der Waals surface area contributed by atoms with Gasteiger partial charge in [-0.3, -0.25) is 0 Å². The van der Waals surface area contributed by atoms with E-state index in [0.29, 0.717) is 0 Å². The van der Waals surface area contributed by atoms with Gasteiger partial charge in [0.15, 0.2) is 0 Å². The molecule has 0 radical (unpaired) electrons. The SMILES string of the molecule is CC1(C)CCC(C)(C)c2cc(N(c3ccc(-c4cccc(N(c5ccccc5)c5ccccc5)c4)cc3)c3cccc(-c4ccccc4)c3)ccc21. The Hall–Kier alpha value is -5.86. The Kier molecular flexibility index (Phi) is 8.77. The minimum Gasteiger partial charge on any atom is -0.310 e. The second-order valence-corrected chi connectivity index (χ2v) is 15.4. The smallest absolute Gasteiger partial charge is 0.0467 e. The van der Waals surface area contributed by atoms with Crippen LogP contribution in [0.1, 0.15) is 51.7 Å². The van der Waals surface area contributed by atoms with E-state index in [1.165, 1.54) is 51.9 Å². The summed E-state index contributed by atoms with van der Waals surface area (Å²) in [5, 5.41) is 0. The zero-order valence-electron chi connectivity index (χ0n) is 30.6. The molecular weight excluding hydrogens is 629 g/mol. The van der Waals surface area contributed by atoms with Crippen LogP contribution in [0.5, 0.6) is 0 Å². The van der Waals surface area contributed by atoms with Gasteiger partial charge in [-0.05, 0) is 130 Å². The van der Waals surface area contributed by atoms with Crippen LogP contribution in [0.15, 0.2) is 182 Å². The number of para-hydroxylation sites is 2. The molecule has 7 aromatic carbocycles. The van der Waals surface area contributed by atoms with Crippen LogP contribution in [0.2, 0.25) is 0 Å². The Labute approximate surface area is 309 Å². The molecule has 0 fully saturated rings. The van der Waals surface area contributed by atoms with Gasteiger partial charge in [-0.1, -0.05) is 137 Å². The monoisotopic (exact) mass is 674 g/mol. The fraction of sp³-hybridized carbons (Fsp3) is 0.160. The average molecular weight is 675 g/mol. The number of anilines is 6. The van der Waals surface area contributed by atoms with Crippen molar-refractivity contribution in [2.75, 3.05) is 9.80 Å². The summed E-state index contributed by atoms with van der Waals surface area (Å²) in [6.45, 7) is 9.61. The van der Waals surface area contributed by atoms with Crippen LogP contribution < -0.4 is 9.80 Å². The van der Waals surface area contributed by atoms with Crippen molar-refractivity contribution >= 4 is 34.1 Å². The largest absolute Gasteiger partial charge is 0.310 e. The standard InChI is InChI=1S/C50H46N2/c1-49(2)32-33-50(3,4)48-36-46(30-31-47(48)49)52(45-25-14-18-39(34-45)37-16-8-5-9-17-37)43-28-26-38(27-29-43)40-19-15-24-44(35-40)51(41-20-10-6-11-21-41)42-22-12-7-13-23-42/h5-31,34-36H,32-33H2,1-4H3. The fourth-order valence-electron chi connectivity index (χ4n) is 7.85. The summed E-state index contributed by atoms with van der Waals surface area (Å²) in [5.41, 5.74) is 14.8. The molecule has 2 heteroatoms. The number of hydrogen-bond donors (Lipinski definition) is 0. The van der Waals surface area contributed by atoms with Gasteiger partial charge in [0.05, 0.1) is 0 Å². The van der Waals surface area contributed by atoms with Crippen molar-refractivity contribution in [3.05, 3.63) is 193 Å². The third-order valence-corrected chi connectivity index (χ3v) is 10.9. The molecule has 0 amide bonds. The van der Waals surface area contributed by atoms with Crippen LogP contribution in [0.4, 0.5) is 34.1 Å². The molecule has 0 heterocycles. The topological polar surface area (TPSA) is 6.48 Å². The van der Waals surface area contributed by atoms with Crippen LogP contribution in [-0.2, 0) is 10.8 Å². The van der Waals surface area contributed by atoms with Crippen LogP contribution in [0.3, 0.4) is 0 Å². The predicted molar refractivity (Wildman–Crippen MR) is 222 cm³/mol. The van der Waals surface area contributed by atoms with Gasteiger partial charge in [-0.2, -0.15) is 0 Å². The Morgan fingerprint density at radius 2 is 0.673 bits per heavy atom. The molecule has 52 heavy (non-hydrogen) atoms. The van der Waals surface area contributed by atoms with E-state index < -0.39 is 0 Å². The summed E-state index contributed by atoms with van der Waals surface area (Å²) >= 11 is 0. The van der Waals surface area contributed by atoms with Gasteiger partial charge in [0, 0.05) is 34.1 Å². The highest BCUT2D eigenvalue weighted by Gasteiger charge is 2.37. The first-order valence-electron chi connectivity index (χ1n) is 18.5. The highest BCUT2D eigenvalue weighted by Crippen LogP contribution is 2.48. The minimum absolute atomic E-state index is 0.112. The van der Waals surface area contributed by atoms with E-state index in [0.717, 1.165) is 28.4 Å². The Balaban J connectivity index is 1.21. The Morgan fingerprint density at radius 1 is 0.308 bits per heavy atom. The van der Waals surface area contributed by atoms with Gasteiger partial charge >= 0.3 is 0 Å². The van der Waals surface area contributed by atoms with Crippen molar-refractivity contribution in [3.63, 3.8) is 0 Å². The molecule has 0 saturated heterocycles. The van der Waals surface area contributed by atoms with Crippen molar-refractivity contribution in [2.45, 2.75) is 51.4 Å². The quantitative estimate of drug-likeness (QED) is 0.158. The molecule has 0 bridgehead atoms. The van der Waals surface area contributed by atoms with Gasteiger partial charge in [0.1, 0.15) is 0 Å². The zero-order valence-corrected chi connectivity index (χ0v) is 30.6. The third-order valence-electron chi connectivity index (χ3n) is 10.9. The minimum atomic E-state index is 0.112. The maximum Gasteiger partial charge on any atom is 0.0467 e. The van der Waals surface area contributed by atoms with Crippen molar-refractivity contribution < 1.29 is 0 Å². The van der Waals surface area contributed by atoms with Gasteiger partial charge in [-0.25, -0.2) is 0 Å². The first-order valence-corrected chi connectivity index (χ1v) is 18.5. The summed E-state index contributed by atoms with van der Waals surface area (Å²) in [4.78, 5) is 4.75. The molecule has 0 aromatic heterocycles.